The Labute approximate surface area is 221 Å². The van der Waals surface area contributed by atoms with Gasteiger partial charge in [-0.05, 0) is 44.5 Å². The highest BCUT2D eigenvalue weighted by molar-refractivity contribution is 5.55. The Balaban J connectivity index is 1.72. The van der Waals surface area contributed by atoms with E-state index >= 15 is 0 Å². The molecule has 6 heteroatoms. The van der Waals surface area contributed by atoms with Crippen molar-refractivity contribution >= 4 is 0 Å². The van der Waals surface area contributed by atoms with Crippen LogP contribution < -0.4 is 9.47 Å². The lowest BCUT2D eigenvalue weighted by Crippen LogP contribution is -2.06. The lowest BCUT2D eigenvalue weighted by Gasteiger charge is -2.19. The molecule has 0 radical (unpaired) electrons. The Morgan fingerprint density at radius 1 is 0.500 bits per heavy atom. The maximum absolute atomic E-state index is 11.3. The predicted molar refractivity (Wildman–Crippen MR) is 143 cm³/mol. The molecule has 0 aliphatic heterocycles. The maximum atomic E-state index is 11.3. The van der Waals surface area contributed by atoms with Crippen molar-refractivity contribution < 1.29 is 19.7 Å². The van der Waals surface area contributed by atoms with Crippen molar-refractivity contribution in [2.24, 2.45) is 0 Å². The molecule has 8 bridgehead atoms. The van der Waals surface area contributed by atoms with E-state index in [4.69, 9.17) is 9.47 Å². The van der Waals surface area contributed by atoms with E-state index in [1.807, 2.05) is 84.9 Å². The van der Waals surface area contributed by atoms with Gasteiger partial charge in [-0.1, -0.05) is 72.8 Å². The average Bonchev–Trinajstić information content (AvgIpc) is 2.92. The second-order valence-corrected chi connectivity index (χ2v) is 9.26. The van der Waals surface area contributed by atoms with Crippen molar-refractivity contribution in [3.63, 3.8) is 0 Å². The molecule has 188 valence electrons. The Kier molecular flexibility index (Phi) is 7.15. The third kappa shape index (κ3) is 4.98. The van der Waals surface area contributed by atoms with Crippen LogP contribution in [0.4, 0.5) is 0 Å². The van der Waals surface area contributed by atoms with Crippen LogP contribution >= 0.6 is 0 Å². The maximum Gasteiger partial charge on any atom is 0.174 e. The zero-order valence-electron chi connectivity index (χ0n) is 20.8. The SMILES string of the molecule is N#CCOc1c2cccc1Cc1cccc(c1O)Cc1cccc(c1OCC#N)Cc1cccc(c1O)C2. The predicted octanol–water partition coefficient (Wildman–Crippen LogP) is 5.58. The van der Waals surface area contributed by atoms with Crippen molar-refractivity contribution in [3.8, 4) is 35.1 Å². The van der Waals surface area contributed by atoms with Crippen LogP contribution in [0.2, 0.25) is 0 Å². The van der Waals surface area contributed by atoms with Gasteiger partial charge in [0.05, 0.1) is 0 Å². The van der Waals surface area contributed by atoms with Crippen LogP contribution in [0.1, 0.15) is 44.5 Å². The fourth-order valence-electron chi connectivity index (χ4n) is 5.09. The van der Waals surface area contributed by atoms with Crippen molar-refractivity contribution in [1.29, 1.82) is 10.5 Å². The highest BCUT2D eigenvalue weighted by atomic mass is 16.5. The van der Waals surface area contributed by atoms with E-state index in [0.717, 1.165) is 44.5 Å². The summed E-state index contributed by atoms with van der Waals surface area (Å²) < 4.78 is 11.8. The lowest BCUT2D eigenvalue weighted by molar-refractivity contribution is 0.360. The number of phenolic OH excluding ortho intramolecular Hbond substituents is 2. The molecule has 0 spiro atoms. The zero-order chi connectivity index (χ0) is 26.5. The molecule has 4 aromatic rings. The lowest BCUT2D eigenvalue weighted by atomic mass is 9.91. The number of phenols is 2. The number of benzene rings is 4. The molecular weight excluding hydrogens is 476 g/mol. The fourth-order valence-corrected chi connectivity index (χ4v) is 5.09. The second kappa shape index (κ2) is 11.0. The van der Waals surface area contributed by atoms with E-state index in [2.05, 4.69) is 0 Å². The monoisotopic (exact) mass is 502 g/mol. The van der Waals surface area contributed by atoms with E-state index in [9.17, 15) is 20.7 Å². The molecule has 1 aliphatic rings. The van der Waals surface area contributed by atoms with Gasteiger partial charge in [0.1, 0.15) is 35.1 Å². The quantitative estimate of drug-likeness (QED) is 0.332. The molecule has 0 aromatic heterocycles. The van der Waals surface area contributed by atoms with Gasteiger partial charge in [-0.25, -0.2) is 0 Å². The van der Waals surface area contributed by atoms with Gasteiger partial charge >= 0.3 is 0 Å². The minimum atomic E-state index is -0.109. The van der Waals surface area contributed by atoms with Gasteiger partial charge in [0.15, 0.2) is 13.2 Å². The molecule has 4 aromatic carbocycles. The second-order valence-electron chi connectivity index (χ2n) is 9.26. The fraction of sp³-hybridized carbons (Fsp3) is 0.188. The highest BCUT2D eigenvalue weighted by Crippen LogP contribution is 2.37. The summed E-state index contributed by atoms with van der Waals surface area (Å²) in [5.41, 5.74) is 6.29. The third-order valence-corrected chi connectivity index (χ3v) is 6.85. The summed E-state index contributed by atoms with van der Waals surface area (Å²) in [7, 11) is 0. The van der Waals surface area contributed by atoms with Crippen LogP contribution in [-0.2, 0) is 25.7 Å². The number of rotatable bonds is 4. The number of nitriles is 2. The minimum absolute atomic E-state index is 0.109. The summed E-state index contributed by atoms with van der Waals surface area (Å²) in [6, 6.07) is 27.0. The van der Waals surface area contributed by atoms with Crippen LogP contribution in [0.5, 0.6) is 23.0 Å². The first kappa shape index (κ1) is 24.7. The Morgan fingerprint density at radius 2 is 0.763 bits per heavy atom. The first-order valence-corrected chi connectivity index (χ1v) is 12.4. The summed E-state index contributed by atoms with van der Waals surface area (Å²) in [6.07, 6.45) is 1.60. The van der Waals surface area contributed by atoms with E-state index < -0.39 is 0 Å². The Hall–Kier alpha value is -4.94. The summed E-state index contributed by atoms with van der Waals surface area (Å²) in [4.78, 5) is 0. The Bertz CT molecular complexity index is 1380. The summed E-state index contributed by atoms with van der Waals surface area (Å²) in [5, 5.41) is 41.0. The molecule has 0 unspecified atom stereocenters. The molecular formula is C32H26N2O4. The molecule has 0 amide bonds. The summed E-state index contributed by atoms with van der Waals surface area (Å²) >= 11 is 0. The van der Waals surface area contributed by atoms with E-state index in [-0.39, 0.29) is 24.7 Å². The smallest absolute Gasteiger partial charge is 0.174 e. The molecule has 2 N–H and O–H groups in total. The van der Waals surface area contributed by atoms with Crippen LogP contribution in [0, 0.1) is 22.7 Å². The summed E-state index contributed by atoms with van der Waals surface area (Å²) in [5.74, 6) is 1.56. The number of nitrogens with zero attached hydrogens (tertiary/aromatic N) is 2. The van der Waals surface area contributed by atoms with Gasteiger partial charge < -0.3 is 19.7 Å². The third-order valence-electron chi connectivity index (χ3n) is 6.85. The normalized spacial score (nSPS) is 12.2. The number of para-hydroxylation sites is 4. The van der Waals surface area contributed by atoms with E-state index in [1.165, 1.54) is 0 Å². The molecule has 5 rings (SSSR count). The molecule has 0 atom stereocenters. The number of fused-ring (bicyclic) bond motifs is 8. The molecule has 0 heterocycles. The highest BCUT2D eigenvalue weighted by Gasteiger charge is 2.20. The van der Waals surface area contributed by atoms with Gasteiger partial charge in [0, 0.05) is 25.7 Å². The van der Waals surface area contributed by atoms with Gasteiger partial charge in [-0.2, -0.15) is 10.5 Å². The molecule has 38 heavy (non-hydrogen) atoms. The Morgan fingerprint density at radius 3 is 1.03 bits per heavy atom. The van der Waals surface area contributed by atoms with Crippen molar-refractivity contribution in [2.75, 3.05) is 13.2 Å². The van der Waals surface area contributed by atoms with E-state index in [0.29, 0.717) is 37.2 Å². The molecule has 0 saturated heterocycles. The van der Waals surface area contributed by atoms with Gasteiger partial charge in [-0.3, -0.25) is 0 Å². The van der Waals surface area contributed by atoms with E-state index in [1.54, 1.807) is 0 Å². The average molecular weight is 503 g/mol. The molecule has 0 saturated carbocycles. The van der Waals surface area contributed by atoms with Gasteiger partial charge in [0.25, 0.3) is 0 Å². The first-order valence-electron chi connectivity index (χ1n) is 12.4. The molecule has 6 nitrogen and oxygen atoms in total. The van der Waals surface area contributed by atoms with Gasteiger partial charge in [0.2, 0.25) is 0 Å². The number of hydrogen-bond donors (Lipinski definition) is 2. The van der Waals surface area contributed by atoms with Crippen LogP contribution in [-0.4, -0.2) is 23.4 Å². The van der Waals surface area contributed by atoms with Crippen molar-refractivity contribution in [1.82, 2.24) is 0 Å². The van der Waals surface area contributed by atoms with Crippen LogP contribution in [0.25, 0.3) is 0 Å². The molecule has 1 aliphatic carbocycles. The van der Waals surface area contributed by atoms with Gasteiger partial charge in [-0.15, -0.1) is 0 Å². The van der Waals surface area contributed by atoms with Crippen molar-refractivity contribution in [2.45, 2.75) is 25.7 Å². The number of aromatic hydroxyl groups is 2. The molecule has 0 fully saturated rings. The topological polar surface area (TPSA) is 107 Å². The standard InChI is InChI=1S/C32H26N2O4/c33-13-15-37-31-25-9-3-11-27(31)19-23-7-2-8-24(30(23)36)20-28-12-4-10-26(32(28)38-16-14-34)18-22-6-1-5-21(17-25)29(22)35/h1-12,35-36H,15-20H2. The largest absolute Gasteiger partial charge is 0.507 e. The van der Waals surface area contributed by atoms with Crippen molar-refractivity contribution in [3.05, 3.63) is 117 Å². The minimum Gasteiger partial charge on any atom is -0.507 e. The summed E-state index contributed by atoms with van der Waals surface area (Å²) in [6.45, 7) is -0.218. The zero-order valence-corrected chi connectivity index (χ0v) is 20.8. The number of hydrogen-bond acceptors (Lipinski definition) is 6. The first-order chi connectivity index (χ1) is 18.6. The van der Waals surface area contributed by atoms with Crippen LogP contribution in [0.3, 0.4) is 0 Å². The van der Waals surface area contributed by atoms with Crippen LogP contribution in [0.15, 0.2) is 72.8 Å². The number of ether oxygens (including phenoxy) is 2.